The van der Waals surface area contributed by atoms with Crippen LogP contribution < -0.4 is 5.32 Å². The number of hydrogen-bond acceptors (Lipinski definition) is 3. The lowest BCUT2D eigenvalue weighted by atomic mass is 10.2. The van der Waals surface area contributed by atoms with E-state index < -0.39 is 0 Å². The standard InChI is InChI=1S/C12H11ClFN3/c1-8(11-4-2-9(14)6-15-11)17-10-3-5-12(13)16-7-10/h2-8,17H,1H3. The second kappa shape index (κ2) is 5.10. The van der Waals surface area contributed by atoms with Crippen molar-refractivity contribution in [3.05, 3.63) is 53.3 Å². The summed E-state index contributed by atoms with van der Waals surface area (Å²) in [6, 6.07) is 6.54. The third kappa shape index (κ3) is 3.14. The van der Waals surface area contributed by atoms with Crippen LogP contribution in [0.25, 0.3) is 0 Å². The van der Waals surface area contributed by atoms with Gasteiger partial charge >= 0.3 is 0 Å². The molecule has 2 rings (SSSR count). The fourth-order valence-corrected chi connectivity index (χ4v) is 1.54. The van der Waals surface area contributed by atoms with E-state index in [4.69, 9.17) is 11.6 Å². The molecule has 0 aliphatic heterocycles. The minimum absolute atomic E-state index is 0.0291. The molecule has 88 valence electrons. The van der Waals surface area contributed by atoms with Gasteiger partial charge < -0.3 is 5.32 Å². The van der Waals surface area contributed by atoms with Crippen LogP contribution in [0.15, 0.2) is 36.7 Å². The Morgan fingerprint density at radius 2 is 2.00 bits per heavy atom. The summed E-state index contributed by atoms with van der Waals surface area (Å²) in [6.45, 7) is 1.94. The maximum atomic E-state index is 12.7. The monoisotopic (exact) mass is 251 g/mol. The van der Waals surface area contributed by atoms with Crippen molar-refractivity contribution < 1.29 is 4.39 Å². The van der Waals surface area contributed by atoms with Crippen molar-refractivity contribution >= 4 is 17.3 Å². The summed E-state index contributed by atoms with van der Waals surface area (Å²) >= 11 is 5.69. The molecule has 0 radical (unpaired) electrons. The van der Waals surface area contributed by atoms with Crippen LogP contribution in [-0.4, -0.2) is 9.97 Å². The van der Waals surface area contributed by atoms with Crippen LogP contribution >= 0.6 is 11.6 Å². The number of aromatic nitrogens is 2. The molecule has 0 bridgehead atoms. The van der Waals surface area contributed by atoms with Crippen molar-refractivity contribution in [1.29, 1.82) is 0 Å². The zero-order valence-electron chi connectivity index (χ0n) is 9.19. The second-order valence-electron chi connectivity index (χ2n) is 3.64. The van der Waals surface area contributed by atoms with E-state index >= 15 is 0 Å². The summed E-state index contributed by atoms with van der Waals surface area (Å²) < 4.78 is 12.7. The maximum absolute atomic E-state index is 12.7. The predicted molar refractivity (Wildman–Crippen MR) is 65.5 cm³/mol. The van der Waals surface area contributed by atoms with Crippen molar-refractivity contribution in [1.82, 2.24) is 9.97 Å². The quantitative estimate of drug-likeness (QED) is 0.849. The second-order valence-corrected chi connectivity index (χ2v) is 4.02. The molecule has 3 nitrogen and oxygen atoms in total. The summed E-state index contributed by atoms with van der Waals surface area (Å²) in [6.07, 6.45) is 2.84. The lowest BCUT2D eigenvalue weighted by Gasteiger charge is -2.14. The zero-order chi connectivity index (χ0) is 12.3. The molecule has 0 saturated heterocycles. The molecule has 0 amide bonds. The van der Waals surface area contributed by atoms with Crippen molar-refractivity contribution in [2.24, 2.45) is 0 Å². The third-order valence-electron chi connectivity index (χ3n) is 2.30. The third-order valence-corrected chi connectivity index (χ3v) is 2.53. The summed E-state index contributed by atoms with van der Waals surface area (Å²) in [5.74, 6) is -0.339. The van der Waals surface area contributed by atoms with Crippen molar-refractivity contribution in [3.63, 3.8) is 0 Å². The average Bonchev–Trinajstić information content (AvgIpc) is 2.33. The van der Waals surface area contributed by atoms with E-state index in [1.54, 1.807) is 18.3 Å². The molecule has 0 aromatic carbocycles. The van der Waals surface area contributed by atoms with Crippen LogP contribution in [0.1, 0.15) is 18.7 Å². The van der Waals surface area contributed by atoms with E-state index in [9.17, 15) is 4.39 Å². The Morgan fingerprint density at radius 1 is 1.18 bits per heavy atom. The molecule has 0 aliphatic rings. The minimum atomic E-state index is -0.339. The van der Waals surface area contributed by atoms with E-state index in [1.165, 1.54) is 12.3 Å². The van der Waals surface area contributed by atoms with Gasteiger partial charge in [-0.25, -0.2) is 9.37 Å². The van der Waals surface area contributed by atoms with E-state index in [0.29, 0.717) is 5.15 Å². The normalized spacial score (nSPS) is 12.2. The zero-order valence-corrected chi connectivity index (χ0v) is 9.95. The number of rotatable bonds is 3. The molecule has 1 N–H and O–H groups in total. The first-order chi connectivity index (χ1) is 8.15. The molecule has 2 aromatic rings. The summed E-state index contributed by atoms with van der Waals surface area (Å²) in [5.41, 5.74) is 1.61. The van der Waals surface area contributed by atoms with E-state index in [0.717, 1.165) is 11.4 Å². The van der Waals surface area contributed by atoms with Crippen LogP contribution in [-0.2, 0) is 0 Å². The Bertz CT molecular complexity index is 484. The maximum Gasteiger partial charge on any atom is 0.141 e. The summed E-state index contributed by atoms with van der Waals surface area (Å²) in [5, 5.41) is 3.65. The number of pyridine rings is 2. The molecule has 0 saturated carbocycles. The lowest BCUT2D eigenvalue weighted by molar-refractivity contribution is 0.617. The van der Waals surface area contributed by atoms with Gasteiger partial charge in [-0.1, -0.05) is 11.6 Å². The topological polar surface area (TPSA) is 37.8 Å². The van der Waals surface area contributed by atoms with Gasteiger partial charge in [-0.2, -0.15) is 0 Å². The first kappa shape index (κ1) is 11.8. The van der Waals surface area contributed by atoms with E-state index in [2.05, 4.69) is 15.3 Å². The van der Waals surface area contributed by atoms with Gasteiger partial charge in [-0.15, -0.1) is 0 Å². The highest BCUT2D eigenvalue weighted by Crippen LogP contribution is 2.17. The molecular formula is C12H11ClFN3. The Kier molecular flexibility index (Phi) is 3.54. The Hall–Kier alpha value is -1.68. The van der Waals surface area contributed by atoms with Gasteiger partial charge in [0.15, 0.2) is 0 Å². The van der Waals surface area contributed by atoms with Gasteiger partial charge in [0.05, 0.1) is 29.8 Å². The molecule has 5 heteroatoms. The highest BCUT2D eigenvalue weighted by atomic mass is 35.5. The Morgan fingerprint density at radius 3 is 2.59 bits per heavy atom. The molecule has 2 heterocycles. The molecule has 0 spiro atoms. The van der Waals surface area contributed by atoms with Crippen molar-refractivity contribution in [3.8, 4) is 0 Å². The van der Waals surface area contributed by atoms with Crippen LogP contribution in [0.5, 0.6) is 0 Å². The molecule has 17 heavy (non-hydrogen) atoms. The fraction of sp³-hybridized carbons (Fsp3) is 0.167. The van der Waals surface area contributed by atoms with Gasteiger partial charge in [-0.05, 0) is 31.2 Å². The highest BCUT2D eigenvalue weighted by molar-refractivity contribution is 6.29. The molecule has 0 fully saturated rings. The van der Waals surface area contributed by atoms with Gasteiger partial charge in [-0.3, -0.25) is 4.98 Å². The van der Waals surface area contributed by atoms with Gasteiger partial charge in [0.1, 0.15) is 11.0 Å². The highest BCUT2D eigenvalue weighted by Gasteiger charge is 2.06. The number of nitrogens with one attached hydrogen (secondary N) is 1. The SMILES string of the molecule is CC(Nc1ccc(Cl)nc1)c1ccc(F)cn1. The molecule has 1 atom stereocenters. The minimum Gasteiger partial charge on any atom is -0.376 e. The van der Waals surface area contributed by atoms with Crippen LogP contribution in [0.2, 0.25) is 5.15 Å². The van der Waals surface area contributed by atoms with Crippen LogP contribution in [0.3, 0.4) is 0 Å². The Balaban J connectivity index is 2.08. The van der Waals surface area contributed by atoms with Crippen molar-refractivity contribution in [2.75, 3.05) is 5.32 Å². The number of hydrogen-bond donors (Lipinski definition) is 1. The predicted octanol–water partition coefficient (Wildman–Crippen LogP) is 3.44. The molecule has 2 aromatic heterocycles. The molecule has 1 unspecified atom stereocenters. The first-order valence-electron chi connectivity index (χ1n) is 5.14. The average molecular weight is 252 g/mol. The lowest BCUT2D eigenvalue weighted by Crippen LogP contribution is -2.08. The van der Waals surface area contributed by atoms with E-state index in [1.807, 2.05) is 13.0 Å². The summed E-state index contributed by atoms with van der Waals surface area (Å²) in [4.78, 5) is 7.97. The first-order valence-corrected chi connectivity index (χ1v) is 5.52. The number of halogens is 2. The molecule has 0 aliphatic carbocycles. The van der Waals surface area contributed by atoms with Crippen LogP contribution in [0, 0.1) is 5.82 Å². The number of anilines is 1. The number of nitrogens with zero attached hydrogens (tertiary/aromatic N) is 2. The smallest absolute Gasteiger partial charge is 0.141 e. The van der Waals surface area contributed by atoms with Gasteiger partial charge in [0.25, 0.3) is 0 Å². The molecular weight excluding hydrogens is 241 g/mol. The largest absolute Gasteiger partial charge is 0.376 e. The summed E-state index contributed by atoms with van der Waals surface area (Å²) in [7, 11) is 0. The van der Waals surface area contributed by atoms with Gasteiger partial charge in [0, 0.05) is 0 Å². The Labute approximate surface area is 104 Å². The van der Waals surface area contributed by atoms with E-state index in [-0.39, 0.29) is 11.9 Å². The van der Waals surface area contributed by atoms with Crippen molar-refractivity contribution in [2.45, 2.75) is 13.0 Å². The van der Waals surface area contributed by atoms with Crippen LogP contribution in [0.4, 0.5) is 10.1 Å². The van der Waals surface area contributed by atoms with Gasteiger partial charge in [0.2, 0.25) is 0 Å². The fourth-order valence-electron chi connectivity index (χ4n) is 1.43.